The Hall–Kier alpha value is -1.93. The molecule has 2 aliphatic heterocycles. The molecule has 172 valence electrons. The molecule has 31 heavy (non-hydrogen) atoms. The van der Waals surface area contributed by atoms with Gasteiger partial charge in [-0.3, -0.25) is 9.59 Å². The van der Waals surface area contributed by atoms with Gasteiger partial charge < -0.3 is 9.80 Å². The summed E-state index contributed by atoms with van der Waals surface area (Å²) in [5, 5.41) is 0. The summed E-state index contributed by atoms with van der Waals surface area (Å²) in [5.41, 5.74) is 2.56. The van der Waals surface area contributed by atoms with Crippen molar-refractivity contribution in [3.63, 3.8) is 0 Å². The molecular weight excluding hydrogens is 414 g/mol. The number of benzene rings is 1. The molecule has 0 spiro atoms. The van der Waals surface area contributed by atoms with Crippen molar-refractivity contribution in [3.8, 4) is 0 Å². The van der Waals surface area contributed by atoms with Crippen LogP contribution in [0.4, 0.5) is 0 Å². The first-order valence-electron chi connectivity index (χ1n) is 11.2. The molecular formula is C23H35N3O4S. The molecule has 2 saturated heterocycles. The van der Waals surface area contributed by atoms with Crippen LogP contribution in [0.5, 0.6) is 0 Å². The number of likely N-dealkylation sites (tertiary alicyclic amines) is 1. The Balaban J connectivity index is 1.65. The number of aryl methyl sites for hydroxylation is 3. The second-order valence-corrected chi connectivity index (χ2v) is 11.1. The summed E-state index contributed by atoms with van der Waals surface area (Å²) in [5.74, 6) is -0.129. The molecule has 0 radical (unpaired) electrons. The van der Waals surface area contributed by atoms with E-state index in [-0.39, 0.29) is 23.7 Å². The largest absolute Gasteiger partial charge is 0.342 e. The highest BCUT2D eigenvalue weighted by Gasteiger charge is 2.36. The van der Waals surface area contributed by atoms with Gasteiger partial charge in [-0.15, -0.1) is 0 Å². The van der Waals surface area contributed by atoms with Crippen molar-refractivity contribution < 1.29 is 18.0 Å². The summed E-state index contributed by atoms with van der Waals surface area (Å²) in [4.78, 5) is 29.4. The van der Waals surface area contributed by atoms with Crippen LogP contribution in [0.1, 0.15) is 43.4 Å². The van der Waals surface area contributed by atoms with E-state index in [0.717, 1.165) is 29.5 Å². The Kier molecular flexibility index (Phi) is 7.11. The van der Waals surface area contributed by atoms with Crippen LogP contribution in [0.2, 0.25) is 0 Å². The smallest absolute Gasteiger partial charge is 0.243 e. The topological polar surface area (TPSA) is 78.0 Å². The Bertz CT molecular complexity index is 927. The second kappa shape index (κ2) is 9.28. The van der Waals surface area contributed by atoms with Crippen LogP contribution in [-0.2, 0) is 19.6 Å². The van der Waals surface area contributed by atoms with Crippen LogP contribution in [0, 0.1) is 32.6 Å². The van der Waals surface area contributed by atoms with Crippen LogP contribution in [0.15, 0.2) is 17.0 Å². The van der Waals surface area contributed by atoms with Crippen LogP contribution in [0.25, 0.3) is 0 Å². The average Bonchev–Trinajstić information content (AvgIpc) is 2.71. The monoisotopic (exact) mass is 449 g/mol. The lowest BCUT2D eigenvalue weighted by Gasteiger charge is -2.39. The molecule has 2 amide bonds. The van der Waals surface area contributed by atoms with E-state index < -0.39 is 10.0 Å². The molecule has 8 heteroatoms. The minimum absolute atomic E-state index is 0.0426. The predicted molar refractivity (Wildman–Crippen MR) is 120 cm³/mol. The first-order chi connectivity index (χ1) is 14.5. The van der Waals surface area contributed by atoms with Crippen molar-refractivity contribution in [2.75, 3.05) is 39.3 Å². The summed E-state index contributed by atoms with van der Waals surface area (Å²) < 4.78 is 28.1. The number of piperazine rings is 1. The first-order valence-corrected chi connectivity index (χ1v) is 12.6. The van der Waals surface area contributed by atoms with Crippen molar-refractivity contribution in [1.29, 1.82) is 0 Å². The Labute approximate surface area is 186 Å². The normalized spacial score (nSPS) is 20.9. The predicted octanol–water partition coefficient (Wildman–Crippen LogP) is 2.34. The third-order valence-electron chi connectivity index (χ3n) is 6.33. The Morgan fingerprint density at radius 1 is 0.935 bits per heavy atom. The second-order valence-electron chi connectivity index (χ2n) is 9.24. The van der Waals surface area contributed by atoms with E-state index in [1.54, 1.807) is 9.80 Å². The third-order valence-corrected chi connectivity index (χ3v) is 8.53. The van der Waals surface area contributed by atoms with Crippen molar-refractivity contribution in [3.05, 3.63) is 28.8 Å². The molecule has 2 fully saturated rings. The molecule has 2 aliphatic rings. The van der Waals surface area contributed by atoms with Gasteiger partial charge in [-0.05, 0) is 44.7 Å². The fraction of sp³-hybridized carbons (Fsp3) is 0.652. The quantitative estimate of drug-likeness (QED) is 0.707. The van der Waals surface area contributed by atoms with Gasteiger partial charge in [0.1, 0.15) is 0 Å². The van der Waals surface area contributed by atoms with Gasteiger partial charge >= 0.3 is 0 Å². The minimum Gasteiger partial charge on any atom is -0.342 e. The standard InChI is InChI=1S/C23H35N3O4S/c1-16(2)22(27)25-8-6-7-20(15-25)23(28)24-9-11-26(12-10-24)31(29,30)21-18(4)13-17(3)14-19(21)5/h13-14,16,20H,6-12,15H2,1-5H3/t20-/m0/s1. The van der Waals surface area contributed by atoms with E-state index in [1.165, 1.54) is 4.31 Å². The molecule has 7 nitrogen and oxygen atoms in total. The van der Waals surface area contributed by atoms with Gasteiger partial charge in [-0.1, -0.05) is 31.5 Å². The van der Waals surface area contributed by atoms with Crippen molar-refractivity contribution >= 4 is 21.8 Å². The highest BCUT2D eigenvalue weighted by Crippen LogP contribution is 2.27. The maximum atomic E-state index is 13.3. The molecule has 0 bridgehead atoms. The maximum absolute atomic E-state index is 13.3. The van der Waals surface area contributed by atoms with E-state index in [4.69, 9.17) is 0 Å². The lowest BCUT2D eigenvalue weighted by Crippen LogP contribution is -2.54. The highest BCUT2D eigenvalue weighted by molar-refractivity contribution is 7.89. The molecule has 3 rings (SSSR count). The number of carbonyl (C=O) groups is 2. The summed E-state index contributed by atoms with van der Waals surface area (Å²) in [6.07, 6.45) is 1.61. The average molecular weight is 450 g/mol. The fourth-order valence-corrected chi connectivity index (χ4v) is 6.69. The number of rotatable bonds is 4. The van der Waals surface area contributed by atoms with E-state index >= 15 is 0 Å². The SMILES string of the molecule is Cc1cc(C)c(S(=O)(=O)N2CCN(C(=O)[C@H]3CCCN(C(=O)C(C)C)C3)CC2)c(C)c1. The van der Waals surface area contributed by atoms with E-state index in [0.29, 0.717) is 44.2 Å². The zero-order valence-corrected chi connectivity index (χ0v) is 20.2. The van der Waals surface area contributed by atoms with Gasteiger partial charge in [0, 0.05) is 45.2 Å². The molecule has 2 heterocycles. The zero-order valence-electron chi connectivity index (χ0n) is 19.3. The van der Waals surface area contributed by atoms with Gasteiger partial charge in [-0.25, -0.2) is 8.42 Å². The highest BCUT2D eigenvalue weighted by atomic mass is 32.2. The number of hydrogen-bond acceptors (Lipinski definition) is 4. The molecule has 0 N–H and O–H groups in total. The number of amides is 2. The lowest BCUT2D eigenvalue weighted by atomic mass is 9.95. The number of nitrogens with zero attached hydrogens (tertiary/aromatic N) is 3. The summed E-state index contributed by atoms with van der Waals surface area (Å²) >= 11 is 0. The third kappa shape index (κ3) is 4.95. The van der Waals surface area contributed by atoms with Crippen LogP contribution in [-0.4, -0.2) is 73.6 Å². The Morgan fingerprint density at radius 3 is 2.06 bits per heavy atom. The fourth-order valence-electron chi connectivity index (χ4n) is 4.85. The van der Waals surface area contributed by atoms with Crippen molar-refractivity contribution in [2.45, 2.75) is 52.4 Å². The van der Waals surface area contributed by atoms with Gasteiger partial charge in [0.25, 0.3) is 0 Å². The van der Waals surface area contributed by atoms with Crippen molar-refractivity contribution in [1.82, 2.24) is 14.1 Å². The molecule has 1 atom stereocenters. The summed E-state index contributed by atoms with van der Waals surface area (Å²) in [7, 11) is -3.60. The summed E-state index contributed by atoms with van der Waals surface area (Å²) in [6, 6.07) is 3.79. The number of carbonyl (C=O) groups excluding carboxylic acids is 2. The molecule has 1 aromatic carbocycles. The zero-order chi connectivity index (χ0) is 22.9. The Morgan fingerprint density at radius 2 is 1.52 bits per heavy atom. The summed E-state index contributed by atoms with van der Waals surface area (Å²) in [6.45, 7) is 11.9. The minimum atomic E-state index is -3.60. The van der Waals surface area contributed by atoms with E-state index in [9.17, 15) is 18.0 Å². The van der Waals surface area contributed by atoms with Gasteiger partial charge in [0.05, 0.1) is 10.8 Å². The van der Waals surface area contributed by atoms with Gasteiger partial charge in [0.15, 0.2) is 0 Å². The van der Waals surface area contributed by atoms with E-state index in [2.05, 4.69) is 0 Å². The van der Waals surface area contributed by atoms with Crippen LogP contribution in [0.3, 0.4) is 0 Å². The lowest BCUT2D eigenvalue weighted by molar-refractivity contribution is -0.143. The number of piperidine rings is 1. The molecule has 0 saturated carbocycles. The van der Waals surface area contributed by atoms with Crippen LogP contribution >= 0.6 is 0 Å². The van der Waals surface area contributed by atoms with Crippen LogP contribution < -0.4 is 0 Å². The molecule has 0 aliphatic carbocycles. The number of sulfonamides is 1. The maximum Gasteiger partial charge on any atom is 0.243 e. The molecule has 0 unspecified atom stereocenters. The van der Waals surface area contributed by atoms with Gasteiger partial charge in [-0.2, -0.15) is 4.31 Å². The molecule has 0 aromatic heterocycles. The number of hydrogen-bond donors (Lipinski definition) is 0. The van der Waals surface area contributed by atoms with Crippen molar-refractivity contribution in [2.24, 2.45) is 11.8 Å². The first kappa shape index (κ1) is 23.7. The van der Waals surface area contributed by atoms with Gasteiger partial charge in [0.2, 0.25) is 21.8 Å². The van der Waals surface area contributed by atoms with E-state index in [1.807, 2.05) is 46.8 Å². The molecule has 1 aromatic rings.